The van der Waals surface area contributed by atoms with Crippen LogP contribution in [0, 0.1) is 0 Å². The summed E-state index contributed by atoms with van der Waals surface area (Å²) in [6, 6.07) is 13.3. The summed E-state index contributed by atoms with van der Waals surface area (Å²) < 4.78 is 11.0. The van der Waals surface area contributed by atoms with Crippen LogP contribution >= 0.6 is 0 Å². The molecular formula is C20H24N2O3. The topological polar surface area (TPSA) is 73.6 Å². The van der Waals surface area contributed by atoms with Gasteiger partial charge >= 0.3 is 0 Å². The first-order chi connectivity index (χ1) is 12.2. The summed E-state index contributed by atoms with van der Waals surface area (Å²) in [4.78, 5) is 12.0. The van der Waals surface area contributed by atoms with Crippen LogP contribution in [0.1, 0.15) is 24.0 Å². The van der Waals surface area contributed by atoms with E-state index in [1.807, 2.05) is 6.07 Å². The van der Waals surface area contributed by atoms with Crippen molar-refractivity contribution in [2.24, 2.45) is 5.73 Å². The molecule has 0 saturated heterocycles. The number of anilines is 1. The fourth-order valence-electron chi connectivity index (χ4n) is 2.96. The van der Waals surface area contributed by atoms with E-state index in [4.69, 9.17) is 15.2 Å². The SMILES string of the molecule is NCCOc1ccc(NC(=O)COc2ccc3c(c2)CCCC3)cc1. The Labute approximate surface area is 148 Å². The minimum absolute atomic E-state index is 0.00971. The Morgan fingerprint density at radius 2 is 1.68 bits per heavy atom. The van der Waals surface area contributed by atoms with Crippen LogP contribution in [0.5, 0.6) is 11.5 Å². The zero-order chi connectivity index (χ0) is 17.5. The van der Waals surface area contributed by atoms with E-state index < -0.39 is 0 Å². The molecule has 1 aliphatic rings. The Morgan fingerprint density at radius 3 is 2.44 bits per heavy atom. The summed E-state index contributed by atoms with van der Waals surface area (Å²) in [5.74, 6) is 1.29. The number of fused-ring (bicyclic) bond motifs is 1. The molecule has 1 aliphatic carbocycles. The number of ether oxygens (including phenoxy) is 2. The summed E-state index contributed by atoms with van der Waals surface area (Å²) in [5.41, 5.74) is 8.85. The number of aryl methyl sites for hydroxylation is 2. The largest absolute Gasteiger partial charge is 0.492 e. The first-order valence-corrected chi connectivity index (χ1v) is 8.72. The van der Waals surface area contributed by atoms with Crippen LogP contribution in [0.15, 0.2) is 42.5 Å². The van der Waals surface area contributed by atoms with Gasteiger partial charge in [-0.1, -0.05) is 6.07 Å². The van der Waals surface area contributed by atoms with E-state index in [0.29, 0.717) is 18.8 Å². The van der Waals surface area contributed by atoms with Crippen molar-refractivity contribution in [2.75, 3.05) is 25.1 Å². The van der Waals surface area contributed by atoms with Crippen LogP contribution in [-0.2, 0) is 17.6 Å². The molecule has 25 heavy (non-hydrogen) atoms. The maximum atomic E-state index is 12.0. The average molecular weight is 340 g/mol. The maximum absolute atomic E-state index is 12.0. The molecule has 2 aromatic rings. The summed E-state index contributed by atoms with van der Waals surface area (Å²) in [6.07, 6.45) is 4.71. The molecular weight excluding hydrogens is 316 g/mol. The molecule has 0 atom stereocenters. The summed E-state index contributed by atoms with van der Waals surface area (Å²) in [6.45, 7) is 0.934. The molecule has 5 heteroatoms. The lowest BCUT2D eigenvalue weighted by Crippen LogP contribution is -2.20. The van der Waals surface area contributed by atoms with Gasteiger partial charge in [-0.15, -0.1) is 0 Å². The van der Waals surface area contributed by atoms with Gasteiger partial charge in [0.15, 0.2) is 6.61 Å². The van der Waals surface area contributed by atoms with E-state index in [-0.39, 0.29) is 12.5 Å². The van der Waals surface area contributed by atoms with Gasteiger partial charge in [-0.2, -0.15) is 0 Å². The molecule has 132 valence electrons. The number of nitrogens with one attached hydrogen (secondary N) is 1. The van der Waals surface area contributed by atoms with Gasteiger partial charge in [-0.05, 0) is 73.2 Å². The van der Waals surface area contributed by atoms with Crippen LogP contribution in [-0.4, -0.2) is 25.7 Å². The summed E-state index contributed by atoms with van der Waals surface area (Å²) >= 11 is 0. The monoisotopic (exact) mass is 340 g/mol. The van der Waals surface area contributed by atoms with Crippen molar-refractivity contribution in [3.05, 3.63) is 53.6 Å². The van der Waals surface area contributed by atoms with Crippen LogP contribution in [0.4, 0.5) is 5.69 Å². The zero-order valence-electron chi connectivity index (χ0n) is 14.3. The van der Waals surface area contributed by atoms with E-state index >= 15 is 0 Å². The van der Waals surface area contributed by atoms with Crippen LogP contribution in [0.2, 0.25) is 0 Å². The summed E-state index contributed by atoms with van der Waals surface area (Å²) in [5, 5.41) is 2.81. The predicted molar refractivity (Wildman–Crippen MR) is 98.2 cm³/mol. The van der Waals surface area contributed by atoms with Gasteiger partial charge in [0.25, 0.3) is 5.91 Å². The Balaban J connectivity index is 1.49. The van der Waals surface area contributed by atoms with Gasteiger partial charge in [0.2, 0.25) is 0 Å². The normalized spacial score (nSPS) is 13.0. The van der Waals surface area contributed by atoms with Crippen molar-refractivity contribution < 1.29 is 14.3 Å². The standard InChI is InChI=1S/C20H24N2O3/c21-11-12-24-18-9-6-17(7-10-18)22-20(23)14-25-19-8-5-15-3-1-2-4-16(15)13-19/h5-10,13H,1-4,11-12,14,21H2,(H,22,23). The molecule has 0 aliphatic heterocycles. The Bertz CT molecular complexity index is 713. The van der Waals surface area contributed by atoms with Gasteiger partial charge in [0.1, 0.15) is 18.1 Å². The lowest BCUT2D eigenvalue weighted by molar-refractivity contribution is -0.118. The number of carbonyl (C=O) groups is 1. The lowest BCUT2D eigenvalue weighted by atomic mass is 9.92. The predicted octanol–water partition coefficient (Wildman–Crippen LogP) is 2.92. The van der Waals surface area contributed by atoms with E-state index in [9.17, 15) is 4.79 Å². The van der Waals surface area contributed by atoms with Crippen molar-refractivity contribution in [3.8, 4) is 11.5 Å². The number of hydrogen-bond donors (Lipinski definition) is 2. The number of carbonyl (C=O) groups excluding carboxylic acids is 1. The highest BCUT2D eigenvalue weighted by Gasteiger charge is 2.11. The van der Waals surface area contributed by atoms with E-state index in [1.165, 1.54) is 24.0 Å². The molecule has 0 bridgehead atoms. The van der Waals surface area contributed by atoms with Gasteiger partial charge < -0.3 is 20.5 Å². The van der Waals surface area contributed by atoms with Crippen molar-refractivity contribution in [1.29, 1.82) is 0 Å². The molecule has 3 N–H and O–H groups in total. The van der Waals surface area contributed by atoms with Gasteiger partial charge in [-0.25, -0.2) is 0 Å². The highest BCUT2D eigenvalue weighted by atomic mass is 16.5. The average Bonchev–Trinajstić information content (AvgIpc) is 2.65. The fraction of sp³-hybridized carbons (Fsp3) is 0.350. The lowest BCUT2D eigenvalue weighted by Gasteiger charge is -2.16. The third-order valence-electron chi connectivity index (χ3n) is 4.21. The molecule has 0 fully saturated rings. The highest BCUT2D eigenvalue weighted by Crippen LogP contribution is 2.25. The van der Waals surface area contributed by atoms with Gasteiger partial charge in [0.05, 0.1) is 0 Å². The van der Waals surface area contributed by atoms with Crippen molar-refractivity contribution in [2.45, 2.75) is 25.7 Å². The summed E-state index contributed by atoms with van der Waals surface area (Å²) in [7, 11) is 0. The Morgan fingerprint density at radius 1 is 0.960 bits per heavy atom. The van der Waals surface area contributed by atoms with Crippen molar-refractivity contribution in [1.82, 2.24) is 0 Å². The van der Waals surface area contributed by atoms with E-state index in [1.54, 1.807) is 24.3 Å². The number of rotatable bonds is 7. The van der Waals surface area contributed by atoms with E-state index in [0.717, 1.165) is 24.3 Å². The second-order valence-electron chi connectivity index (χ2n) is 6.14. The Kier molecular flexibility index (Phi) is 5.90. The third-order valence-corrected chi connectivity index (χ3v) is 4.21. The van der Waals surface area contributed by atoms with Crippen molar-refractivity contribution >= 4 is 11.6 Å². The first-order valence-electron chi connectivity index (χ1n) is 8.72. The number of nitrogens with two attached hydrogens (primary N) is 1. The van der Waals surface area contributed by atoms with Gasteiger partial charge in [-0.3, -0.25) is 4.79 Å². The minimum atomic E-state index is -0.187. The Hall–Kier alpha value is -2.53. The smallest absolute Gasteiger partial charge is 0.262 e. The molecule has 1 amide bonds. The third kappa shape index (κ3) is 4.97. The maximum Gasteiger partial charge on any atom is 0.262 e. The molecule has 5 nitrogen and oxygen atoms in total. The van der Waals surface area contributed by atoms with E-state index in [2.05, 4.69) is 17.4 Å². The van der Waals surface area contributed by atoms with Crippen molar-refractivity contribution in [3.63, 3.8) is 0 Å². The van der Waals surface area contributed by atoms with Gasteiger partial charge in [0, 0.05) is 12.2 Å². The molecule has 0 saturated carbocycles. The molecule has 3 rings (SSSR count). The first kappa shape index (κ1) is 17.3. The molecule has 0 spiro atoms. The number of amides is 1. The number of benzene rings is 2. The molecule has 0 radical (unpaired) electrons. The quantitative estimate of drug-likeness (QED) is 0.813. The molecule has 2 aromatic carbocycles. The van der Waals surface area contributed by atoms with Crippen LogP contribution < -0.4 is 20.5 Å². The van der Waals surface area contributed by atoms with Crippen LogP contribution in [0.3, 0.4) is 0 Å². The zero-order valence-corrected chi connectivity index (χ0v) is 14.3. The number of hydrogen-bond acceptors (Lipinski definition) is 4. The fourth-order valence-corrected chi connectivity index (χ4v) is 2.96. The van der Waals surface area contributed by atoms with Crippen LogP contribution in [0.25, 0.3) is 0 Å². The molecule has 0 heterocycles. The molecule has 0 unspecified atom stereocenters. The highest BCUT2D eigenvalue weighted by molar-refractivity contribution is 5.91. The second kappa shape index (κ2) is 8.53. The molecule has 0 aromatic heterocycles. The second-order valence-corrected chi connectivity index (χ2v) is 6.14. The minimum Gasteiger partial charge on any atom is -0.492 e.